The van der Waals surface area contributed by atoms with Gasteiger partial charge in [-0.2, -0.15) is 0 Å². The summed E-state index contributed by atoms with van der Waals surface area (Å²) in [6.07, 6.45) is 1.94. The number of fused-ring (bicyclic) bond motifs is 1. The van der Waals surface area contributed by atoms with E-state index >= 15 is 0 Å². The molecule has 0 aliphatic carbocycles. The number of aryl methyl sites for hydroxylation is 1. The van der Waals surface area contributed by atoms with Crippen molar-refractivity contribution in [2.24, 2.45) is 0 Å². The maximum atomic E-state index is 12.9. The summed E-state index contributed by atoms with van der Waals surface area (Å²) in [7, 11) is 1.70. The van der Waals surface area contributed by atoms with Crippen LogP contribution in [0.1, 0.15) is 29.0 Å². The van der Waals surface area contributed by atoms with Crippen molar-refractivity contribution < 1.29 is 18.7 Å². The largest absolute Gasteiger partial charge is 0.461 e. The Morgan fingerprint density at radius 2 is 2.26 bits per heavy atom. The van der Waals surface area contributed by atoms with Crippen molar-refractivity contribution in [1.29, 1.82) is 0 Å². The molecular weight excluding hydrogens is 294 g/mol. The van der Waals surface area contributed by atoms with Gasteiger partial charge in [0.2, 0.25) is 0 Å². The Bertz CT molecular complexity index is 745. The van der Waals surface area contributed by atoms with Gasteiger partial charge in [-0.25, -0.2) is 0 Å². The van der Waals surface area contributed by atoms with Crippen molar-refractivity contribution in [3.63, 3.8) is 0 Å². The summed E-state index contributed by atoms with van der Waals surface area (Å²) in [5.41, 5.74) is 1.18. The quantitative estimate of drug-likeness (QED) is 0.855. The van der Waals surface area contributed by atoms with E-state index in [1.807, 2.05) is 36.1 Å². The zero-order valence-corrected chi connectivity index (χ0v) is 13.5. The van der Waals surface area contributed by atoms with E-state index < -0.39 is 0 Å². The minimum absolute atomic E-state index is 0.0279. The molecule has 4 rings (SSSR count). The lowest BCUT2D eigenvalue weighted by atomic mass is 9.96. The Balaban J connectivity index is 1.60. The summed E-state index contributed by atoms with van der Waals surface area (Å²) < 4.78 is 17.1. The Hall–Kier alpha value is -1.85. The van der Waals surface area contributed by atoms with Crippen molar-refractivity contribution in [1.82, 2.24) is 4.90 Å². The van der Waals surface area contributed by atoms with Gasteiger partial charge in [0.1, 0.15) is 23.0 Å². The lowest BCUT2D eigenvalue weighted by Crippen LogP contribution is -2.42. The lowest BCUT2D eigenvalue weighted by molar-refractivity contribution is -0.0754. The summed E-state index contributed by atoms with van der Waals surface area (Å²) >= 11 is 0. The van der Waals surface area contributed by atoms with Crippen molar-refractivity contribution >= 4 is 16.9 Å². The third-order valence-electron chi connectivity index (χ3n) is 5.02. The number of nitrogens with zero attached hydrogens (tertiary/aromatic N) is 1. The first kappa shape index (κ1) is 14.7. The molecule has 5 nitrogen and oxygen atoms in total. The Labute approximate surface area is 135 Å². The third-order valence-corrected chi connectivity index (χ3v) is 5.02. The van der Waals surface area contributed by atoms with Crippen LogP contribution in [0.5, 0.6) is 0 Å². The van der Waals surface area contributed by atoms with Crippen LogP contribution in [-0.4, -0.2) is 49.3 Å². The van der Waals surface area contributed by atoms with E-state index in [2.05, 4.69) is 0 Å². The normalized spacial score (nSPS) is 27.4. The van der Waals surface area contributed by atoms with E-state index in [4.69, 9.17) is 13.9 Å². The van der Waals surface area contributed by atoms with Crippen LogP contribution in [0.4, 0.5) is 0 Å². The highest BCUT2D eigenvalue weighted by molar-refractivity contribution is 5.98. The molecule has 0 radical (unpaired) electrons. The predicted octanol–water partition coefficient (Wildman–Crippen LogP) is 2.76. The lowest BCUT2D eigenvalue weighted by Gasteiger charge is -2.27. The molecule has 1 amide bonds. The van der Waals surface area contributed by atoms with Crippen molar-refractivity contribution in [2.75, 3.05) is 26.8 Å². The van der Waals surface area contributed by atoms with Crippen LogP contribution >= 0.6 is 0 Å². The standard InChI is InChI=1S/C18H21NO4/c1-12-8-14-9-13(4-5-15(14)23-12)17(20)19-10-16(21-2)18(11-19)6-3-7-22-18/h4-5,8-9,16H,3,6-7,10-11H2,1-2H3/t16-,18-/m0/s1. The van der Waals surface area contributed by atoms with Crippen LogP contribution in [0.2, 0.25) is 0 Å². The first-order valence-corrected chi connectivity index (χ1v) is 8.07. The zero-order chi connectivity index (χ0) is 16.0. The topological polar surface area (TPSA) is 51.9 Å². The second-order valence-corrected chi connectivity index (χ2v) is 6.54. The van der Waals surface area contributed by atoms with Gasteiger partial charge >= 0.3 is 0 Å². The number of hydrogen-bond donors (Lipinski definition) is 0. The fourth-order valence-electron chi connectivity index (χ4n) is 3.89. The number of carbonyl (C=O) groups excluding carboxylic acids is 1. The van der Waals surface area contributed by atoms with Crippen molar-refractivity contribution in [3.8, 4) is 0 Å². The highest BCUT2D eigenvalue weighted by Gasteiger charge is 2.51. The molecule has 1 aromatic heterocycles. The average molecular weight is 315 g/mol. The summed E-state index contributed by atoms with van der Waals surface area (Å²) in [5.74, 6) is 0.878. The molecule has 0 N–H and O–H groups in total. The molecular formula is C18H21NO4. The minimum Gasteiger partial charge on any atom is -0.461 e. The Morgan fingerprint density at radius 1 is 1.39 bits per heavy atom. The summed E-state index contributed by atoms with van der Waals surface area (Å²) in [5, 5.41) is 0.961. The number of rotatable bonds is 2. The highest BCUT2D eigenvalue weighted by atomic mass is 16.6. The molecule has 122 valence electrons. The summed E-state index contributed by atoms with van der Waals surface area (Å²) in [6, 6.07) is 7.54. The smallest absolute Gasteiger partial charge is 0.254 e. The van der Waals surface area contributed by atoms with E-state index in [0.29, 0.717) is 18.7 Å². The number of furan rings is 1. The molecule has 2 saturated heterocycles. The molecule has 0 unspecified atom stereocenters. The van der Waals surface area contributed by atoms with Crippen molar-refractivity contribution in [2.45, 2.75) is 31.5 Å². The molecule has 0 bridgehead atoms. The van der Waals surface area contributed by atoms with Gasteiger partial charge in [-0.1, -0.05) is 0 Å². The second-order valence-electron chi connectivity index (χ2n) is 6.54. The molecule has 3 heterocycles. The Morgan fingerprint density at radius 3 is 3.00 bits per heavy atom. The van der Waals surface area contributed by atoms with E-state index in [-0.39, 0.29) is 17.6 Å². The molecule has 1 spiro atoms. The van der Waals surface area contributed by atoms with Crippen molar-refractivity contribution in [3.05, 3.63) is 35.6 Å². The van der Waals surface area contributed by atoms with Gasteiger partial charge < -0.3 is 18.8 Å². The van der Waals surface area contributed by atoms with E-state index in [9.17, 15) is 4.79 Å². The van der Waals surface area contributed by atoms with Crippen LogP contribution in [0.3, 0.4) is 0 Å². The molecule has 1 aromatic carbocycles. The summed E-state index contributed by atoms with van der Waals surface area (Å²) in [6.45, 7) is 3.85. The maximum Gasteiger partial charge on any atom is 0.254 e. The first-order chi connectivity index (χ1) is 11.1. The fourth-order valence-corrected chi connectivity index (χ4v) is 3.89. The molecule has 2 aromatic rings. The summed E-state index contributed by atoms with van der Waals surface area (Å²) in [4.78, 5) is 14.7. The monoisotopic (exact) mass is 315 g/mol. The number of hydrogen-bond acceptors (Lipinski definition) is 4. The van der Waals surface area contributed by atoms with E-state index in [1.165, 1.54) is 0 Å². The van der Waals surface area contributed by atoms with Gasteiger partial charge in [-0.15, -0.1) is 0 Å². The maximum absolute atomic E-state index is 12.9. The zero-order valence-electron chi connectivity index (χ0n) is 13.5. The number of carbonyl (C=O) groups is 1. The molecule has 2 aliphatic rings. The SMILES string of the molecule is CO[C@H]1CN(C(=O)c2ccc3oc(C)cc3c2)C[C@@]12CCCO2. The number of ether oxygens (including phenoxy) is 2. The number of likely N-dealkylation sites (tertiary alicyclic amines) is 1. The van der Waals surface area contributed by atoms with Gasteiger partial charge in [-0.3, -0.25) is 4.79 Å². The van der Waals surface area contributed by atoms with E-state index in [1.54, 1.807) is 7.11 Å². The molecule has 2 atom stereocenters. The first-order valence-electron chi connectivity index (χ1n) is 8.07. The fraction of sp³-hybridized carbons (Fsp3) is 0.500. The van der Waals surface area contributed by atoms with Gasteiger partial charge in [0.15, 0.2) is 0 Å². The third kappa shape index (κ3) is 2.35. The van der Waals surface area contributed by atoms with Gasteiger partial charge in [0.25, 0.3) is 5.91 Å². The number of amides is 1. The highest BCUT2D eigenvalue weighted by Crippen LogP contribution is 2.37. The van der Waals surface area contributed by atoms with Crippen LogP contribution in [0.25, 0.3) is 11.0 Å². The molecule has 2 aliphatic heterocycles. The average Bonchev–Trinajstić information content (AvgIpc) is 3.24. The number of methoxy groups -OCH3 is 1. The molecule has 23 heavy (non-hydrogen) atoms. The minimum atomic E-state index is -0.319. The molecule has 2 fully saturated rings. The van der Waals surface area contributed by atoms with Gasteiger partial charge in [-0.05, 0) is 44.0 Å². The van der Waals surface area contributed by atoms with Crippen LogP contribution in [0, 0.1) is 6.92 Å². The second kappa shape index (κ2) is 5.35. The number of benzene rings is 1. The van der Waals surface area contributed by atoms with Crippen LogP contribution < -0.4 is 0 Å². The van der Waals surface area contributed by atoms with Crippen LogP contribution in [0.15, 0.2) is 28.7 Å². The molecule has 5 heteroatoms. The Kier molecular flexibility index (Phi) is 3.43. The predicted molar refractivity (Wildman–Crippen MR) is 85.6 cm³/mol. The molecule has 0 saturated carbocycles. The van der Waals surface area contributed by atoms with Crippen LogP contribution in [-0.2, 0) is 9.47 Å². The van der Waals surface area contributed by atoms with E-state index in [0.717, 1.165) is 36.2 Å². The van der Waals surface area contributed by atoms with Gasteiger partial charge in [0.05, 0.1) is 13.1 Å². The van der Waals surface area contributed by atoms with Gasteiger partial charge in [0, 0.05) is 24.7 Å².